The second-order valence-corrected chi connectivity index (χ2v) is 4.74. The first-order chi connectivity index (χ1) is 7.70. The van der Waals surface area contributed by atoms with Crippen molar-refractivity contribution in [3.8, 4) is 5.75 Å². The molecule has 0 N–H and O–H groups in total. The standard InChI is InChI=1S/C12H11IO3/c1-2-15-12(14)8-3-4-11-9(5-8)6-10(13)7-16-11/h3-6H,2,7H2,1H3. The smallest absolute Gasteiger partial charge is 0.338 e. The van der Waals surface area contributed by atoms with E-state index in [1.165, 1.54) is 0 Å². The molecule has 0 radical (unpaired) electrons. The van der Waals surface area contributed by atoms with Gasteiger partial charge < -0.3 is 9.47 Å². The van der Waals surface area contributed by atoms with Gasteiger partial charge in [0, 0.05) is 9.14 Å². The topological polar surface area (TPSA) is 35.5 Å². The molecule has 4 heteroatoms. The van der Waals surface area contributed by atoms with Gasteiger partial charge in [-0.05, 0) is 53.8 Å². The fraction of sp³-hybridized carbons (Fsp3) is 0.250. The lowest BCUT2D eigenvalue weighted by Gasteiger charge is -2.15. The molecule has 0 atom stereocenters. The summed E-state index contributed by atoms with van der Waals surface area (Å²) in [5.74, 6) is 0.521. The SMILES string of the molecule is CCOC(=O)c1ccc2c(c1)C=C(I)CO2. The number of carbonyl (C=O) groups excluding carboxylic acids is 1. The lowest BCUT2D eigenvalue weighted by molar-refractivity contribution is 0.0526. The molecular weight excluding hydrogens is 319 g/mol. The first kappa shape index (κ1) is 11.4. The predicted octanol–water partition coefficient (Wildman–Crippen LogP) is 3.03. The fourth-order valence-corrected chi connectivity index (χ4v) is 1.98. The van der Waals surface area contributed by atoms with Crippen molar-refractivity contribution in [3.05, 3.63) is 32.9 Å². The predicted molar refractivity (Wildman–Crippen MR) is 69.9 cm³/mol. The number of benzene rings is 1. The molecule has 1 heterocycles. The molecule has 2 rings (SSSR count). The summed E-state index contributed by atoms with van der Waals surface area (Å²) in [5.41, 5.74) is 1.49. The molecule has 1 aliphatic rings. The average molecular weight is 330 g/mol. The Hall–Kier alpha value is -1.04. The monoisotopic (exact) mass is 330 g/mol. The number of fused-ring (bicyclic) bond motifs is 1. The lowest BCUT2D eigenvalue weighted by Crippen LogP contribution is -2.07. The molecule has 84 valence electrons. The molecule has 1 aliphatic heterocycles. The highest BCUT2D eigenvalue weighted by atomic mass is 127. The maximum Gasteiger partial charge on any atom is 0.338 e. The summed E-state index contributed by atoms with van der Waals surface area (Å²) in [4.78, 5) is 11.5. The maximum absolute atomic E-state index is 11.5. The van der Waals surface area contributed by atoms with Gasteiger partial charge in [0.1, 0.15) is 12.4 Å². The van der Waals surface area contributed by atoms with Crippen LogP contribution in [-0.2, 0) is 4.74 Å². The van der Waals surface area contributed by atoms with E-state index in [-0.39, 0.29) is 5.97 Å². The highest BCUT2D eigenvalue weighted by Gasteiger charge is 2.13. The number of ether oxygens (including phenoxy) is 2. The van der Waals surface area contributed by atoms with Crippen molar-refractivity contribution in [2.75, 3.05) is 13.2 Å². The second-order valence-electron chi connectivity index (χ2n) is 3.35. The van der Waals surface area contributed by atoms with E-state index in [4.69, 9.17) is 9.47 Å². The number of carbonyl (C=O) groups is 1. The van der Waals surface area contributed by atoms with Crippen molar-refractivity contribution in [1.29, 1.82) is 0 Å². The van der Waals surface area contributed by atoms with E-state index < -0.39 is 0 Å². The minimum atomic E-state index is -0.292. The molecule has 1 aromatic rings. The van der Waals surface area contributed by atoms with Crippen LogP contribution in [-0.4, -0.2) is 19.2 Å². The van der Waals surface area contributed by atoms with Crippen molar-refractivity contribution in [2.45, 2.75) is 6.92 Å². The van der Waals surface area contributed by atoms with Crippen LogP contribution < -0.4 is 4.74 Å². The van der Waals surface area contributed by atoms with Crippen molar-refractivity contribution in [2.24, 2.45) is 0 Å². The lowest BCUT2D eigenvalue weighted by atomic mass is 10.1. The van der Waals surface area contributed by atoms with Gasteiger partial charge in [-0.1, -0.05) is 0 Å². The summed E-state index contributed by atoms with van der Waals surface area (Å²) in [7, 11) is 0. The summed E-state index contributed by atoms with van der Waals surface area (Å²) in [6.45, 7) is 2.79. The Morgan fingerprint density at radius 1 is 1.56 bits per heavy atom. The van der Waals surface area contributed by atoms with E-state index in [1.807, 2.05) is 6.08 Å². The van der Waals surface area contributed by atoms with Gasteiger partial charge in [0.2, 0.25) is 0 Å². The van der Waals surface area contributed by atoms with Crippen molar-refractivity contribution >= 4 is 34.6 Å². The molecule has 0 saturated heterocycles. The number of hydrogen-bond donors (Lipinski definition) is 0. The first-order valence-electron chi connectivity index (χ1n) is 5.00. The fourth-order valence-electron chi connectivity index (χ4n) is 1.49. The quantitative estimate of drug-likeness (QED) is 0.618. The van der Waals surface area contributed by atoms with E-state index in [0.29, 0.717) is 18.8 Å². The van der Waals surface area contributed by atoms with Crippen LogP contribution in [0.3, 0.4) is 0 Å². The number of hydrogen-bond acceptors (Lipinski definition) is 3. The molecule has 0 amide bonds. The van der Waals surface area contributed by atoms with E-state index in [2.05, 4.69) is 22.6 Å². The molecule has 0 aliphatic carbocycles. The summed E-state index contributed by atoms with van der Waals surface area (Å²) in [5, 5.41) is 0. The first-order valence-corrected chi connectivity index (χ1v) is 6.08. The van der Waals surface area contributed by atoms with Crippen molar-refractivity contribution in [1.82, 2.24) is 0 Å². The van der Waals surface area contributed by atoms with Gasteiger partial charge in [-0.2, -0.15) is 0 Å². The molecule has 0 saturated carbocycles. The van der Waals surface area contributed by atoms with Crippen LogP contribution in [0.4, 0.5) is 0 Å². The van der Waals surface area contributed by atoms with Gasteiger partial charge in [-0.3, -0.25) is 0 Å². The Balaban J connectivity index is 2.32. The van der Waals surface area contributed by atoms with Gasteiger partial charge in [-0.25, -0.2) is 4.79 Å². The second kappa shape index (κ2) is 4.86. The number of rotatable bonds is 2. The van der Waals surface area contributed by atoms with Crippen LogP contribution in [0.5, 0.6) is 5.75 Å². The zero-order valence-electron chi connectivity index (χ0n) is 8.83. The summed E-state index contributed by atoms with van der Waals surface area (Å²) >= 11 is 2.22. The number of esters is 1. The van der Waals surface area contributed by atoms with Crippen molar-refractivity contribution in [3.63, 3.8) is 0 Å². The third-order valence-electron chi connectivity index (χ3n) is 2.20. The highest BCUT2D eigenvalue weighted by Crippen LogP contribution is 2.29. The summed E-state index contributed by atoms with van der Waals surface area (Å²) < 4.78 is 11.6. The zero-order valence-corrected chi connectivity index (χ0v) is 11.0. The Bertz CT molecular complexity index is 452. The normalized spacial score (nSPS) is 13.5. The van der Waals surface area contributed by atoms with Crippen LogP contribution in [0.25, 0.3) is 6.08 Å². The van der Waals surface area contributed by atoms with Gasteiger partial charge in [-0.15, -0.1) is 0 Å². The molecule has 0 aromatic heterocycles. The summed E-state index contributed by atoms with van der Waals surface area (Å²) in [6, 6.07) is 5.33. The molecule has 0 fully saturated rings. The highest BCUT2D eigenvalue weighted by molar-refractivity contribution is 14.1. The largest absolute Gasteiger partial charge is 0.488 e. The molecule has 0 spiro atoms. The minimum Gasteiger partial charge on any atom is -0.488 e. The molecule has 1 aromatic carbocycles. The number of halogens is 1. The Labute approximate surface area is 108 Å². The minimum absolute atomic E-state index is 0.292. The van der Waals surface area contributed by atoms with E-state index in [0.717, 1.165) is 14.9 Å². The van der Waals surface area contributed by atoms with E-state index in [1.54, 1.807) is 25.1 Å². The van der Waals surface area contributed by atoms with Gasteiger partial charge in [0.15, 0.2) is 0 Å². The molecular formula is C12H11IO3. The van der Waals surface area contributed by atoms with E-state index in [9.17, 15) is 4.79 Å². The van der Waals surface area contributed by atoms with Crippen LogP contribution in [0, 0.1) is 0 Å². The Kier molecular flexibility index (Phi) is 3.48. The molecule has 3 nitrogen and oxygen atoms in total. The van der Waals surface area contributed by atoms with Crippen molar-refractivity contribution < 1.29 is 14.3 Å². The molecule has 0 bridgehead atoms. The third-order valence-corrected chi connectivity index (χ3v) is 2.82. The van der Waals surface area contributed by atoms with Gasteiger partial charge >= 0.3 is 5.97 Å². The van der Waals surface area contributed by atoms with E-state index >= 15 is 0 Å². The van der Waals surface area contributed by atoms with Crippen LogP contribution >= 0.6 is 22.6 Å². The zero-order chi connectivity index (χ0) is 11.5. The van der Waals surface area contributed by atoms with Crippen LogP contribution in [0.1, 0.15) is 22.8 Å². The summed E-state index contributed by atoms with van der Waals surface area (Å²) in [6.07, 6.45) is 2.02. The Morgan fingerprint density at radius 3 is 3.12 bits per heavy atom. The average Bonchev–Trinajstić information content (AvgIpc) is 2.28. The Morgan fingerprint density at radius 2 is 2.38 bits per heavy atom. The van der Waals surface area contributed by atoms with Crippen LogP contribution in [0.2, 0.25) is 0 Å². The van der Waals surface area contributed by atoms with Gasteiger partial charge in [0.25, 0.3) is 0 Å². The van der Waals surface area contributed by atoms with Crippen LogP contribution in [0.15, 0.2) is 21.8 Å². The third kappa shape index (κ3) is 2.37. The maximum atomic E-state index is 11.5. The molecule has 16 heavy (non-hydrogen) atoms. The van der Waals surface area contributed by atoms with Gasteiger partial charge in [0.05, 0.1) is 12.2 Å². The molecule has 0 unspecified atom stereocenters.